The fourth-order valence-electron chi connectivity index (χ4n) is 1.16. The van der Waals surface area contributed by atoms with Crippen LogP contribution in [0.1, 0.15) is 21.5 Å². The molecule has 0 saturated heterocycles. The van der Waals surface area contributed by atoms with Crippen molar-refractivity contribution in [3.05, 3.63) is 32.4 Å². The topological polar surface area (TPSA) is 40.9 Å². The molecule has 0 spiro atoms. The van der Waals surface area contributed by atoms with Crippen molar-refractivity contribution in [3.8, 4) is 6.07 Å². The van der Waals surface area contributed by atoms with E-state index in [0.717, 1.165) is 12.1 Å². The average molecular weight is 359 g/mol. The number of hydrogen-bond donors (Lipinski definition) is 0. The molecule has 0 aliphatic carbocycles. The van der Waals surface area contributed by atoms with Crippen molar-refractivity contribution in [2.75, 3.05) is 0 Å². The molecule has 0 aromatic heterocycles. The van der Waals surface area contributed by atoms with Crippen LogP contribution in [0.15, 0.2) is 12.1 Å². The Morgan fingerprint density at radius 3 is 2.38 bits per heavy atom. The molecule has 0 fully saturated rings. The van der Waals surface area contributed by atoms with Gasteiger partial charge >= 0.3 is 6.18 Å². The molecule has 7 heteroatoms. The zero-order valence-corrected chi connectivity index (χ0v) is 10.3. The summed E-state index contributed by atoms with van der Waals surface area (Å²) in [7, 11) is 0. The highest BCUT2D eigenvalue weighted by atomic mass is 127. The van der Waals surface area contributed by atoms with Crippen LogP contribution in [0, 0.1) is 14.9 Å². The summed E-state index contributed by atoms with van der Waals surface area (Å²) in [5, 5.41) is 7.37. The van der Waals surface area contributed by atoms with E-state index in [1.807, 2.05) is 0 Å². The number of alkyl halides is 3. The molecule has 16 heavy (non-hydrogen) atoms. The Morgan fingerprint density at radius 1 is 1.44 bits per heavy atom. The normalized spacial score (nSPS) is 11.0. The fourth-order valence-corrected chi connectivity index (χ4v) is 1.93. The molecule has 0 aliphatic heterocycles. The molecule has 2 nitrogen and oxygen atoms in total. The third kappa shape index (κ3) is 2.65. The van der Waals surface area contributed by atoms with E-state index in [-0.39, 0.29) is 0 Å². The predicted octanol–water partition coefficient (Wildman–Crippen LogP) is 3.56. The standard InChI is InChI=1S/C9H2ClF3INO/c10-8(16)6-2-5(14)1-4(3-15)7(6)9(11,12)13/h1-2H. The molecule has 0 bridgehead atoms. The number of carbonyl (C=O) groups excluding carboxylic acids is 1. The van der Waals surface area contributed by atoms with E-state index in [2.05, 4.69) is 0 Å². The first-order valence-corrected chi connectivity index (χ1v) is 5.23. The van der Waals surface area contributed by atoms with E-state index in [1.165, 1.54) is 6.07 Å². The molecule has 0 N–H and O–H groups in total. The molecule has 0 heterocycles. The Labute approximate surface area is 107 Å². The zero-order valence-electron chi connectivity index (χ0n) is 7.40. The smallest absolute Gasteiger partial charge is 0.276 e. The number of halogens is 5. The van der Waals surface area contributed by atoms with Crippen molar-refractivity contribution in [1.29, 1.82) is 5.26 Å². The molecular formula is C9H2ClF3INO. The Bertz CT molecular complexity index is 493. The van der Waals surface area contributed by atoms with Crippen LogP contribution < -0.4 is 0 Å². The minimum atomic E-state index is -4.78. The second-order valence-corrected chi connectivity index (χ2v) is 4.35. The molecule has 0 unspecified atom stereocenters. The third-order valence-electron chi connectivity index (χ3n) is 1.72. The van der Waals surface area contributed by atoms with Gasteiger partial charge in [0.25, 0.3) is 5.24 Å². The quantitative estimate of drug-likeness (QED) is 0.568. The maximum absolute atomic E-state index is 12.6. The molecule has 0 saturated carbocycles. The van der Waals surface area contributed by atoms with Crippen LogP contribution in [0.3, 0.4) is 0 Å². The van der Waals surface area contributed by atoms with Crippen LogP contribution >= 0.6 is 34.2 Å². The molecular weight excluding hydrogens is 357 g/mol. The van der Waals surface area contributed by atoms with Gasteiger partial charge in [0.2, 0.25) is 0 Å². The maximum Gasteiger partial charge on any atom is 0.418 e. The summed E-state index contributed by atoms with van der Waals surface area (Å²) in [5.41, 5.74) is -2.59. The van der Waals surface area contributed by atoms with Crippen molar-refractivity contribution >= 4 is 39.4 Å². The first-order valence-electron chi connectivity index (χ1n) is 3.78. The third-order valence-corrected chi connectivity index (χ3v) is 2.55. The number of nitrogens with zero attached hydrogens (tertiary/aromatic N) is 1. The summed E-state index contributed by atoms with van der Waals surface area (Å²) in [6.07, 6.45) is -4.78. The van der Waals surface area contributed by atoms with Gasteiger partial charge in [0.15, 0.2) is 0 Å². The van der Waals surface area contributed by atoms with Gasteiger partial charge in [-0.2, -0.15) is 18.4 Å². The summed E-state index contributed by atoms with van der Waals surface area (Å²) < 4.78 is 38.2. The maximum atomic E-state index is 12.6. The highest BCUT2D eigenvalue weighted by Gasteiger charge is 2.38. The number of nitriles is 1. The van der Waals surface area contributed by atoms with Crippen LogP contribution in [0.5, 0.6) is 0 Å². The van der Waals surface area contributed by atoms with Gasteiger partial charge in [0.1, 0.15) is 0 Å². The Morgan fingerprint density at radius 2 is 2.00 bits per heavy atom. The minimum absolute atomic E-state index is 0.339. The monoisotopic (exact) mass is 359 g/mol. The molecule has 1 rings (SSSR count). The molecule has 0 atom stereocenters. The number of carbonyl (C=O) groups is 1. The zero-order chi connectivity index (χ0) is 12.5. The van der Waals surface area contributed by atoms with E-state index in [9.17, 15) is 18.0 Å². The summed E-state index contributed by atoms with van der Waals surface area (Å²) in [4.78, 5) is 10.9. The summed E-state index contributed by atoms with van der Waals surface area (Å²) in [5.74, 6) is 0. The highest BCUT2D eigenvalue weighted by molar-refractivity contribution is 14.1. The van der Waals surface area contributed by atoms with Crippen LogP contribution in [0.25, 0.3) is 0 Å². The second-order valence-electron chi connectivity index (χ2n) is 2.76. The summed E-state index contributed by atoms with van der Waals surface area (Å²) in [6, 6.07) is 3.45. The van der Waals surface area contributed by atoms with E-state index in [0.29, 0.717) is 3.57 Å². The minimum Gasteiger partial charge on any atom is -0.276 e. The molecule has 84 valence electrons. The van der Waals surface area contributed by atoms with Crippen LogP contribution in [-0.4, -0.2) is 5.24 Å². The van der Waals surface area contributed by atoms with Gasteiger partial charge in [0, 0.05) is 9.13 Å². The lowest BCUT2D eigenvalue weighted by Gasteiger charge is -2.12. The van der Waals surface area contributed by atoms with Crippen molar-refractivity contribution < 1.29 is 18.0 Å². The first-order chi connectivity index (χ1) is 7.27. The largest absolute Gasteiger partial charge is 0.418 e. The fraction of sp³-hybridized carbons (Fsp3) is 0.111. The SMILES string of the molecule is N#Cc1cc(I)cc(C(=O)Cl)c1C(F)(F)F. The van der Waals surface area contributed by atoms with E-state index in [1.54, 1.807) is 22.6 Å². The van der Waals surface area contributed by atoms with E-state index < -0.39 is 28.1 Å². The number of benzene rings is 1. The first kappa shape index (κ1) is 13.3. The molecule has 1 aromatic carbocycles. The Kier molecular flexibility index (Phi) is 3.80. The molecule has 0 amide bonds. The lowest BCUT2D eigenvalue weighted by Crippen LogP contribution is -2.14. The van der Waals surface area contributed by atoms with Crippen molar-refractivity contribution in [2.24, 2.45) is 0 Å². The van der Waals surface area contributed by atoms with Gasteiger partial charge in [-0.25, -0.2) is 0 Å². The number of rotatable bonds is 1. The summed E-state index contributed by atoms with van der Waals surface area (Å²) >= 11 is 6.77. The van der Waals surface area contributed by atoms with Gasteiger partial charge in [0.05, 0.1) is 17.2 Å². The predicted molar refractivity (Wildman–Crippen MR) is 59.1 cm³/mol. The van der Waals surface area contributed by atoms with Crippen LogP contribution in [0.2, 0.25) is 0 Å². The van der Waals surface area contributed by atoms with E-state index in [4.69, 9.17) is 16.9 Å². The summed E-state index contributed by atoms with van der Waals surface area (Å²) in [6.45, 7) is 0. The van der Waals surface area contributed by atoms with E-state index >= 15 is 0 Å². The van der Waals surface area contributed by atoms with Crippen molar-refractivity contribution in [2.45, 2.75) is 6.18 Å². The van der Waals surface area contributed by atoms with Gasteiger partial charge in [-0.05, 0) is 46.3 Å². The molecule has 0 radical (unpaired) electrons. The average Bonchev–Trinajstić information content (AvgIpc) is 2.14. The second kappa shape index (κ2) is 4.59. The van der Waals surface area contributed by atoms with Crippen molar-refractivity contribution in [3.63, 3.8) is 0 Å². The van der Waals surface area contributed by atoms with Gasteiger partial charge in [-0.1, -0.05) is 0 Å². The Balaban J connectivity index is 3.67. The van der Waals surface area contributed by atoms with Crippen molar-refractivity contribution in [1.82, 2.24) is 0 Å². The number of hydrogen-bond acceptors (Lipinski definition) is 2. The Hall–Kier alpha value is -0.810. The highest BCUT2D eigenvalue weighted by Crippen LogP contribution is 2.36. The lowest BCUT2D eigenvalue weighted by molar-refractivity contribution is -0.138. The van der Waals surface area contributed by atoms with Crippen LogP contribution in [0.4, 0.5) is 13.2 Å². The van der Waals surface area contributed by atoms with Crippen LogP contribution in [-0.2, 0) is 6.18 Å². The van der Waals surface area contributed by atoms with Gasteiger partial charge < -0.3 is 0 Å². The molecule has 0 aliphatic rings. The molecule has 1 aromatic rings. The lowest BCUT2D eigenvalue weighted by atomic mass is 10.0. The van der Waals surface area contributed by atoms with Gasteiger partial charge in [-0.3, -0.25) is 4.79 Å². The van der Waals surface area contributed by atoms with Gasteiger partial charge in [-0.15, -0.1) is 0 Å².